The van der Waals surface area contributed by atoms with E-state index in [1.54, 1.807) is 11.3 Å². The molecule has 4 nitrogen and oxygen atoms in total. The smallest absolute Gasteiger partial charge is 0.180 e. The van der Waals surface area contributed by atoms with Crippen LogP contribution in [0.5, 0.6) is 11.5 Å². The summed E-state index contributed by atoms with van der Waals surface area (Å²) in [7, 11) is 0. The number of ether oxygens (including phenoxy) is 1. The normalized spacial score (nSPS) is 15.4. The van der Waals surface area contributed by atoms with Crippen molar-refractivity contribution in [2.75, 3.05) is 0 Å². The van der Waals surface area contributed by atoms with Crippen molar-refractivity contribution in [1.82, 2.24) is 15.0 Å². The molecule has 0 saturated carbocycles. The summed E-state index contributed by atoms with van der Waals surface area (Å²) in [5.41, 5.74) is 10.3. The van der Waals surface area contributed by atoms with Crippen LogP contribution >= 0.6 is 11.3 Å². The minimum absolute atomic E-state index is 0.609. The fourth-order valence-electron chi connectivity index (χ4n) is 9.05. The number of para-hydroxylation sites is 1. The van der Waals surface area contributed by atoms with Gasteiger partial charge < -0.3 is 4.74 Å². The number of fused-ring (bicyclic) bond motifs is 15. The van der Waals surface area contributed by atoms with Crippen LogP contribution in [0, 0.1) is 0 Å². The second-order valence-corrected chi connectivity index (χ2v) is 14.9. The van der Waals surface area contributed by atoms with E-state index in [-0.39, 0.29) is 0 Å². The van der Waals surface area contributed by atoms with E-state index in [1.807, 2.05) is 12.3 Å². The molecule has 0 N–H and O–H groups in total. The average molecular weight is 694 g/mol. The van der Waals surface area contributed by atoms with Crippen LogP contribution in [0.15, 0.2) is 164 Å². The van der Waals surface area contributed by atoms with Crippen molar-refractivity contribution in [1.29, 1.82) is 0 Å². The third kappa shape index (κ3) is 3.81. The Hall–Kier alpha value is -6.69. The van der Waals surface area contributed by atoms with E-state index in [0.29, 0.717) is 5.82 Å². The van der Waals surface area contributed by atoms with Gasteiger partial charge in [-0.25, -0.2) is 9.97 Å². The number of benzene rings is 7. The minimum Gasteiger partial charge on any atom is -0.456 e. The first-order valence-electron chi connectivity index (χ1n) is 17.9. The standard InChI is InChI=1S/C48H27N3OS/c1-3-14-30-29(13-1)26-27-49-44(30)47-50-42-33-17-6-10-23-40(33)53-46(42)43(51-47)34-18-11-21-37-41(34)32-16-5-7-19-35(32)48(37)36-20-8-9-22-39(36)52-45-31-15-4-2-12-28(31)24-25-38(45)48/h1-27H. The van der Waals surface area contributed by atoms with Crippen LogP contribution in [-0.2, 0) is 5.41 Å². The van der Waals surface area contributed by atoms with Gasteiger partial charge in [0.2, 0.25) is 0 Å². The predicted molar refractivity (Wildman–Crippen MR) is 216 cm³/mol. The van der Waals surface area contributed by atoms with Gasteiger partial charge >= 0.3 is 0 Å². The second-order valence-electron chi connectivity index (χ2n) is 13.8. The Morgan fingerprint density at radius 3 is 2.09 bits per heavy atom. The Morgan fingerprint density at radius 2 is 1.19 bits per heavy atom. The molecule has 1 aliphatic carbocycles. The molecule has 0 bridgehead atoms. The highest BCUT2D eigenvalue weighted by molar-refractivity contribution is 7.26. The summed E-state index contributed by atoms with van der Waals surface area (Å²) < 4.78 is 9.14. The van der Waals surface area contributed by atoms with Crippen LogP contribution < -0.4 is 4.74 Å². The molecule has 0 fully saturated rings. The van der Waals surface area contributed by atoms with Crippen molar-refractivity contribution in [3.8, 4) is 45.4 Å². The molecule has 0 radical (unpaired) electrons. The fourth-order valence-corrected chi connectivity index (χ4v) is 10.2. The molecule has 1 spiro atoms. The van der Waals surface area contributed by atoms with Crippen LogP contribution in [0.25, 0.3) is 75.8 Å². The molecule has 53 heavy (non-hydrogen) atoms. The Morgan fingerprint density at radius 1 is 0.491 bits per heavy atom. The molecule has 1 atom stereocenters. The predicted octanol–water partition coefficient (Wildman–Crippen LogP) is 12.3. The summed E-state index contributed by atoms with van der Waals surface area (Å²) in [6.07, 6.45) is 1.86. The maximum atomic E-state index is 6.89. The highest BCUT2D eigenvalue weighted by atomic mass is 32.1. The van der Waals surface area contributed by atoms with Crippen molar-refractivity contribution in [3.63, 3.8) is 0 Å². The summed E-state index contributed by atoms with van der Waals surface area (Å²) in [6, 6.07) is 56.2. The van der Waals surface area contributed by atoms with Gasteiger partial charge in [-0.05, 0) is 51.2 Å². The Bertz CT molecular complexity index is 3180. The zero-order chi connectivity index (χ0) is 34.7. The number of pyridine rings is 1. The molecule has 7 aromatic carbocycles. The van der Waals surface area contributed by atoms with E-state index >= 15 is 0 Å². The lowest BCUT2D eigenvalue weighted by molar-refractivity contribution is 0.441. The second kappa shape index (κ2) is 10.7. The molecule has 2 aliphatic rings. The summed E-state index contributed by atoms with van der Waals surface area (Å²) in [4.78, 5) is 15.7. The van der Waals surface area contributed by atoms with Gasteiger partial charge in [0.05, 0.1) is 21.3 Å². The molecule has 3 aromatic heterocycles. The first-order chi connectivity index (χ1) is 26.3. The van der Waals surface area contributed by atoms with Gasteiger partial charge in [0.15, 0.2) is 5.82 Å². The van der Waals surface area contributed by atoms with Crippen LogP contribution in [-0.4, -0.2) is 15.0 Å². The van der Waals surface area contributed by atoms with Crippen molar-refractivity contribution in [3.05, 3.63) is 186 Å². The highest BCUT2D eigenvalue weighted by Crippen LogP contribution is 2.64. The first kappa shape index (κ1) is 28.9. The topological polar surface area (TPSA) is 47.9 Å². The van der Waals surface area contributed by atoms with Gasteiger partial charge in [-0.15, -0.1) is 11.3 Å². The van der Waals surface area contributed by atoms with Gasteiger partial charge in [0.25, 0.3) is 0 Å². The molecule has 1 aliphatic heterocycles. The number of thiophene rings is 1. The van der Waals surface area contributed by atoms with Gasteiger partial charge in [-0.1, -0.05) is 140 Å². The zero-order valence-corrected chi connectivity index (χ0v) is 29.1. The quantitative estimate of drug-likeness (QED) is 0.181. The van der Waals surface area contributed by atoms with Crippen LogP contribution in [0.2, 0.25) is 0 Å². The first-order valence-corrected chi connectivity index (χ1v) is 18.7. The molecular formula is C48H27N3OS. The maximum Gasteiger partial charge on any atom is 0.180 e. The number of hydrogen-bond donors (Lipinski definition) is 0. The Labute approximate surface area is 308 Å². The van der Waals surface area contributed by atoms with Crippen LogP contribution in [0.4, 0.5) is 0 Å². The third-order valence-corrected chi connectivity index (χ3v) is 12.4. The van der Waals surface area contributed by atoms with E-state index in [0.717, 1.165) is 76.7 Å². The number of aromatic nitrogens is 3. The van der Waals surface area contributed by atoms with Crippen LogP contribution in [0.1, 0.15) is 22.3 Å². The van der Waals surface area contributed by atoms with Crippen molar-refractivity contribution < 1.29 is 4.74 Å². The number of hydrogen-bond acceptors (Lipinski definition) is 5. The third-order valence-electron chi connectivity index (χ3n) is 11.2. The number of nitrogens with zero attached hydrogens (tertiary/aromatic N) is 3. The van der Waals surface area contributed by atoms with E-state index < -0.39 is 5.41 Å². The van der Waals surface area contributed by atoms with Crippen LogP contribution in [0.3, 0.4) is 0 Å². The highest BCUT2D eigenvalue weighted by Gasteiger charge is 2.52. The molecule has 5 heteroatoms. The molecule has 10 aromatic rings. The molecular weight excluding hydrogens is 667 g/mol. The summed E-state index contributed by atoms with van der Waals surface area (Å²) in [6.45, 7) is 0. The molecule has 1 unspecified atom stereocenters. The zero-order valence-electron chi connectivity index (χ0n) is 28.2. The largest absolute Gasteiger partial charge is 0.456 e. The van der Waals surface area contributed by atoms with Crippen molar-refractivity contribution in [2.24, 2.45) is 0 Å². The van der Waals surface area contributed by atoms with Gasteiger partial charge in [0, 0.05) is 43.7 Å². The summed E-state index contributed by atoms with van der Waals surface area (Å²) in [5.74, 6) is 2.41. The van der Waals surface area contributed by atoms with Gasteiger partial charge in [-0.3, -0.25) is 4.98 Å². The molecule has 0 saturated heterocycles. The minimum atomic E-state index is -0.609. The van der Waals surface area contributed by atoms with Crippen molar-refractivity contribution >= 4 is 53.2 Å². The van der Waals surface area contributed by atoms with E-state index in [2.05, 4.69) is 152 Å². The average Bonchev–Trinajstić information content (AvgIpc) is 3.74. The molecule has 0 amide bonds. The summed E-state index contributed by atoms with van der Waals surface area (Å²) in [5, 5.41) is 5.53. The van der Waals surface area contributed by atoms with Crippen molar-refractivity contribution in [2.45, 2.75) is 5.41 Å². The lowest BCUT2D eigenvalue weighted by Gasteiger charge is -2.39. The van der Waals surface area contributed by atoms with E-state index in [1.165, 1.54) is 27.0 Å². The molecule has 4 heterocycles. The fraction of sp³-hybridized carbons (Fsp3) is 0.0208. The Kier molecular flexibility index (Phi) is 5.83. The van der Waals surface area contributed by atoms with Gasteiger partial charge in [-0.2, -0.15) is 0 Å². The Balaban J connectivity index is 1.22. The lowest BCUT2D eigenvalue weighted by Crippen LogP contribution is -2.32. The lowest BCUT2D eigenvalue weighted by atomic mass is 9.65. The summed E-state index contributed by atoms with van der Waals surface area (Å²) >= 11 is 1.76. The molecule has 12 rings (SSSR count). The monoisotopic (exact) mass is 693 g/mol. The molecule has 246 valence electrons. The SMILES string of the molecule is c1ccc2c(c1)Oc1c(ccc3ccccc13)C21c2ccccc2-c2c(-c3nc(-c4nccc5ccccc45)nc4c3sc3ccccc34)cccc21. The van der Waals surface area contributed by atoms with Gasteiger partial charge in [0.1, 0.15) is 17.2 Å². The van der Waals surface area contributed by atoms with E-state index in [4.69, 9.17) is 19.7 Å². The maximum absolute atomic E-state index is 6.89. The number of rotatable bonds is 2. The van der Waals surface area contributed by atoms with E-state index in [9.17, 15) is 0 Å².